The zero-order valence-corrected chi connectivity index (χ0v) is 22.2. The van der Waals surface area contributed by atoms with Gasteiger partial charge >= 0.3 is 6.09 Å². The summed E-state index contributed by atoms with van der Waals surface area (Å²) in [4.78, 5) is 28.3. The van der Waals surface area contributed by atoms with Crippen molar-refractivity contribution in [1.29, 1.82) is 0 Å². The number of anilines is 1. The molecule has 0 saturated carbocycles. The lowest BCUT2D eigenvalue weighted by Crippen LogP contribution is -2.47. The molecule has 1 unspecified atom stereocenters. The normalized spacial score (nSPS) is 18.1. The van der Waals surface area contributed by atoms with Crippen LogP contribution in [0.3, 0.4) is 0 Å². The van der Waals surface area contributed by atoms with Crippen LogP contribution >= 0.6 is 11.6 Å². The van der Waals surface area contributed by atoms with Crippen molar-refractivity contribution >= 4 is 29.3 Å². The van der Waals surface area contributed by atoms with E-state index < -0.39 is 30.1 Å². The van der Waals surface area contributed by atoms with Gasteiger partial charge in [-0.3, -0.25) is 15.0 Å². The molecule has 2 amide bonds. The van der Waals surface area contributed by atoms with Crippen LogP contribution in [0.4, 0.5) is 19.3 Å². The number of nitrogens with one attached hydrogen (secondary N) is 2. The Morgan fingerprint density at radius 1 is 1.26 bits per heavy atom. The number of carbonyl (C=O) groups excluding carboxylic acids is 2. The molecule has 1 atom stereocenters. The van der Waals surface area contributed by atoms with Crippen LogP contribution in [0.15, 0.2) is 60.1 Å². The Morgan fingerprint density at radius 2 is 1.95 bits per heavy atom. The van der Waals surface area contributed by atoms with Crippen LogP contribution in [0, 0.1) is 5.82 Å². The number of likely N-dealkylation sites (tertiary alicyclic amines) is 1. The average Bonchev–Trinajstić information content (AvgIpc) is 2.90. The van der Waals surface area contributed by atoms with Crippen molar-refractivity contribution in [2.24, 2.45) is 11.5 Å². The molecule has 12 heteroatoms. The van der Waals surface area contributed by atoms with Crippen molar-refractivity contribution in [3.63, 3.8) is 0 Å². The first-order chi connectivity index (χ1) is 18.6. The molecule has 0 aromatic heterocycles. The zero-order chi connectivity index (χ0) is 28.1. The highest BCUT2D eigenvalue weighted by Gasteiger charge is 2.30. The summed E-state index contributed by atoms with van der Waals surface area (Å²) >= 11 is 5.91. The molecule has 9 nitrogen and oxygen atoms in total. The first-order valence-electron chi connectivity index (χ1n) is 12.4. The number of benzene rings is 2. The fourth-order valence-corrected chi connectivity index (χ4v) is 4.53. The van der Waals surface area contributed by atoms with E-state index in [4.69, 9.17) is 27.8 Å². The van der Waals surface area contributed by atoms with E-state index >= 15 is 0 Å². The molecule has 2 aliphatic heterocycles. The quantitative estimate of drug-likeness (QED) is 0.259. The maximum absolute atomic E-state index is 14.7. The van der Waals surface area contributed by atoms with E-state index in [1.54, 1.807) is 11.9 Å². The van der Waals surface area contributed by atoms with Gasteiger partial charge in [0, 0.05) is 52.4 Å². The highest BCUT2D eigenvalue weighted by molar-refractivity contribution is 6.31. The van der Waals surface area contributed by atoms with Crippen LogP contribution in [-0.2, 0) is 22.6 Å². The number of cyclic esters (lactones) is 1. The number of carbonyl (C=O) groups is 2. The molecule has 1 fully saturated rings. The van der Waals surface area contributed by atoms with E-state index in [0.717, 1.165) is 17.3 Å². The Kier molecular flexibility index (Phi) is 8.93. The van der Waals surface area contributed by atoms with Gasteiger partial charge in [0.05, 0.1) is 27.7 Å². The van der Waals surface area contributed by atoms with Gasteiger partial charge in [-0.25, -0.2) is 13.6 Å². The summed E-state index contributed by atoms with van der Waals surface area (Å²) in [5, 5.41) is 5.20. The van der Waals surface area contributed by atoms with Gasteiger partial charge in [-0.05, 0) is 29.3 Å². The molecule has 0 aliphatic carbocycles. The number of alkyl halides is 1. The third kappa shape index (κ3) is 6.98. The Labute approximate surface area is 230 Å². The van der Waals surface area contributed by atoms with Crippen molar-refractivity contribution in [3.05, 3.63) is 87.6 Å². The van der Waals surface area contributed by atoms with Crippen LogP contribution in [0.25, 0.3) is 0 Å². The molecule has 0 spiro atoms. The second kappa shape index (κ2) is 12.4. The predicted molar refractivity (Wildman–Crippen MR) is 145 cm³/mol. The van der Waals surface area contributed by atoms with Crippen LogP contribution in [0.1, 0.15) is 29.2 Å². The van der Waals surface area contributed by atoms with Crippen molar-refractivity contribution in [2.75, 3.05) is 32.0 Å². The minimum atomic E-state index is -0.867. The van der Waals surface area contributed by atoms with Crippen LogP contribution < -0.4 is 22.1 Å². The van der Waals surface area contributed by atoms with E-state index in [2.05, 4.69) is 10.6 Å². The monoisotopic (exact) mass is 560 g/mol. The summed E-state index contributed by atoms with van der Waals surface area (Å²) in [7, 11) is 1.69. The number of hydrogen-bond acceptors (Lipinski definition) is 7. The number of ether oxygens (including phenoxy) is 1. The van der Waals surface area contributed by atoms with Crippen molar-refractivity contribution in [3.8, 4) is 0 Å². The highest BCUT2D eigenvalue weighted by atomic mass is 35.5. The molecule has 0 radical (unpaired) electrons. The van der Waals surface area contributed by atoms with Gasteiger partial charge in [0.25, 0.3) is 5.91 Å². The molecule has 39 heavy (non-hydrogen) atoms. The predicted octanol–water partition coefficient (Wildman–Crippen LogP) is 3.52. The lowest BCUT2D eigenvalue weighted by Gasteiger charge is -2.34. The molecule has 208 valence electrons. The van der Waals surface area contributed by atoms with Gasteiger partial charge in [-0.1, -0.05) is 35.9 Å². The average molecular weight is 561 g/mol. The Morgan fingerprint density at radius 3 is 2.62 bits per heavy atom. The largest absolute Gasteiger partial charge is 0.441 e. The summed E-state index contributed by atoms with van der Waals surface area (Å²) in [6.45, 7) is 2.18. The number of amides is 2. The van der Waals surface area contributed by atoms with Gasteiger partial charge in [0.2, 0.25) is 0 Å². The number of nitrogens with zero attached hydrogens (tertiary/aromatic N) is 2. The minimum Gasteiger partial charge on any atom is -0.441 e. The first-order valence-corrected chi connectivity index (χ1v) is 12.8. The first kappa shape index (κ1) is 28.2. The van der Waals surface area contributed by atoms with Crippen LogP contribution in [-0.4, -0.2) is 54.7 Å². The maximum Gasteiger partial charge on any atom is 0.412 e. The second-order valence-corrected chi connectivity index (χ2v) is 9.94. The minimum absolute atomic E-state index is 0.0751. The molecule has 2 heterocycles. The molecule has 2 aliphatic rings. The van der Waals surface area contributed by atoms with Gasteiger partial charge in [0.1, 0.15) is 12.3 Å². The molecule has 0 bridgehead atoms. The van der Waals surface area contributed by atoms with Crippen molar-refractivity contribution in [2.45, 2.75) is 31.8 Å². The zero-order valence-electron chi connectivity index (χ0n) is 21.4. The number of halogens is 3. The Balaban J connectivity index is 1.30. The van der Waals surface area contributed by atoms with Crippen molar-refractivity contribution < 1.29 is 23.1 Å². The fraction of sp³-hybridized carbons (Fsp3) is 0.333. The highest BCUT2D eigenvalue weighted by Crippen LogP contribution is 2.37. The second-order valence-electron chi connectivity index (χ2n) is 9.53. The lowest BCUT2D eigenvalue weighted by atomic mass is 10.0. The summed E-state index contributed by atoms with van der Waals surface area (Å²) in [6.07, 6.45) is 0.525. The standard InChI is InChI=1S/C27H31ClF2N6O3/c1-35(9-8-22-24-21(34-27(38)39-22)7-6-20(28)25(24)30)23(32)10-18(11-31)26(37)33-12-16-2-4-17(5-3-16)13-36-14-19(29)15-36/h2-7,10-11,19,22H,8-9,12-15,31-32H2,1H3,(H,33,37)(H,34,38)/b18-11+,23-10+. The van der Waals surface area contributed by atoms with E-state index in [0.29, 0.717) is 25.3 Å². The molecule has 6 N–H and O–H groups in total. The molecule has 4 rings (SSSR count). The van der Waals surface area contributed by atoms with Crippen molar-refractivity contribution in [1.82, 2.24) is 15.1 Å². The molecular weight excluding hydrogens is 530 g/mol. The van der Waals surface area contributed by atoms with Gasteiger partial charge in [0.15, 0.2) is 5.82 Å². The van der Waals surface area contributed by atoms with Crippen LogP contribution in [0.2, 0.25) is 5.02 Å². The topological polar surface area (TPSA) is 126 Å². The summed E-state index contributed by atoms with van der Waals surface area (Å²) in [6, 6.07) is 10.6. The molecule has 2 aromatic carbocycles. The molecule has 1 saturated heterocycles. The Hall–Kier alpha value is -3.83. The fourth-order valence-electron chi connectivity index (χ4n) is 4.36. The third-order valence-corrected chi connectivity index (χ3v) is 6.94. The number of hydrogen-bond donors (Lipinski definition) is 4. The van der Waals surface area contributed by atoms with Gasteiger partial charge in [-0.15, -0.1) is 0 Å². The SMILES string of the molecule is CN(CCC1OC(=O)Nc2ccc(Cl)c(F)c21)/C(N)=C/C(=C\N)C(=O)NCc1ccc(CN2CC(F)C2)cc1. The molecular formula is C27H31ClF2N6O3. The smallest absolute Gasteiger partial charge is 0.412 e. The van der Waals surface area contributed by atoms with Gasteiger partial charge in [-0.2, -0.15) is 0 Å². The number of rotatable bonds is 10. The maximum atomic E-state index is 14.7. The number of fused-ring (bicyclic) bond motifs is 1. The van der Waals surface area contributed by atoms with E-state index in [9.17, 15) is 18.4 Å². The van der Waals surface area contributed by atoms with E-state index in [1.165, 1.54) is 18.2 Å². The summed E-state index contributed by atoms with van der Waals surface area (Å²) < 4.78 is 32.9. The summed E-state index contributed by atoms with van der Waals surface area (Å²) in [5.74, 6) is -0.832. The molecule has 2 aromatic rings. The van der Waals surface area contributed by atoms with Crippen LogP contribution in [0.5, 0.6) is 0 Å². The third-order valence-electron chi connectivity index (χ3n) is 6.65. The number of nitrogens with two attached hydrogens (primary N) is 2. The summed E-state index contributed by atoms with van der Waals surface area (Å²) in [5.41, 5.74) is 14.5. The Bertz CT molecular complexity index is 1280. The van der Waals surface area contributed by atoms with E-state index in [1.807, 2.05) is 29.2 Å². The van der Waals surface area contributed by atoms with E-state index in [-0.39, 0.29) is 41.5 Å². The lowest BCUT2D eigenvalue weighted by molar-refractivity contribution is -0.117. The van der Waals surface area contributed by atoms with Gasteiger partial charge < -0.3 is 26.4 Å².